The highest BCUT2D eigenvalue weighted by Gasteiger charge is 2.29. The van der Waals surface area contributed by atoms with Crippen molar-refractivity contribution in [1.82, 2.24) is 15.3 Å². The van der Waals surface area contributed by atoms with Crippen LogP contribution in [-0.2, 0) is 22.3 Å². The number of hydrogen-bond acceptors (Lipinski definition) is 6. The number of halogens is 3. The van der Waals surface area contributed by atoms with E-state index in [1.807, 2.05) is 0 Å². The Kier molecular flexibility index (Phi) is 7.10. The maximum atomic E-state index is 14.5. The van der Waals surface area contributed by atoms with Gasteiger partial charge >= 0.3 is 0 Å². The molecule has 1 atom stereocenters. The number of aromatic nitrogens is 2. The van der Waals surface area contributed by atoms with Crippen molar-refractivity contribution in [2.24, 2.45) is 0 Å². The molecule has 1 fully saturated rings. The number of carbonyl (C=O) groups excluding carboxylic acids is 1. The minimum absolute atomic E-state index is 0.154. The number of benzene rings is 1. The molecule has 0 spiro atoms. The maximum Gasteiger partial charge on any atom is 0.255 e. The first-order valence-electron chi connectivity index (χ1n) is 11.6. The third kappa shape index (κ3) is 5.02. The molecule has 0 aliphatic carbocycles. The number of aromatic amines is 1. The minimum Gasteiger partial charge on any atom is -0.488 e. The molecular weight excluding hydrogens is 477 g/mol. The Morgan fingerprint density at radius 3 is 2.94 bits per heavy atom. The second-order valence-electron chi connectivity index (χ2n) is 8.47. The van der Waals surface area contributed by atoms with Crippen LogP contribution in [0.25, 0.3) is 11.3 Å². The lowest BCUT2D eigenvalue weighted by molar-refractivity contribution is -0.101. The Morgan fingerprint density at radius 1 is 1.25 bits per heavy atom. The molecule has 1 amide bonds. The van der Waals surface area contributed by atoms with Crippen LogP contribution in [-0.4, -0.2) is 61.4 Å². The summed E-state index contributed by atoms with van der Waals surface area (Å²) >= 11 is 0. The molecule has 1 aromatic carbocycles. The second kappa shape index (κ2) is 10.6. The van der Waals surface area contributed by atoms with E-state index in [9.17, 15) is 18.0 Å². The highest BCUT2D eigenvalue weighted by Crippen LogP contribution is 2.41. The van der Waals surface area contributed by atoms with E-state index in [4.69, 9.17) is 14.2 Å². The number of carbonyl (C=O) groups is 1. The van der Waals surface area contributed by atoms with Gasteiger partial charge in [-0.05, 0) is 18.2 Å². The van der Waals surface area contributed by atoms with Crippen molar-refractivity contribution in [3.63, 3.8) is 0 Å². The van der Waals surface area contributed by atoms with E-state index in [1.165, 1.54) is 12.1 Å². The van der Waals surface area contributed by atoms with E-state index in [0.717, 1.165) is 6.07 Å². The quantitative estimate of drug-likeness (QED) is 0.433. The number of pyridine rings is 1. The lowest BCUT2D eigenvalue weighted by Gasteiger charge is -2.23. The number of nitrogens with zero attached hydrogens (tertiary/aromatic N) is 1. The van der Waals surface area contributed by atoms with E-state index < -0.39 is 18.7 Å². The first kappa shape index (κ1) is 24.1. The summed E-state index contributed by atoms with van der Waals surface area (Å²) < 4.78 is 58.0. The molecule has 0 saturated carbocycles. The van der Waals surface area contributed by atoms with Gasteiger partial charge in [0.2, 0.25) is 6.43 Å². The molecule has 5 rings (SSSR count). The van der Waals surface area contributed by atoms with Crippen molar-refractivity contribution in [3.05, 3.63) is 59.3 Å². The summed E-state index contributed by atoms with van der Waals surface area (Å²) in [6.45, 7) is 2.10. The zero-order valence-electron chi connectivity index (χ0n) is 19.3. The van der Waals surface area contributed by atoms with Crippen molar-refractivity contribution in [1.29, 1.82) is 0 Å². The fourth-order valence-corrected chi connectivity index (χ4v) is 4.40. The van der Waals surface area contributed by atoms with Gasteiger partial charge in [-0.1, -0.05) is 6.07 Å². The van der Waals surface area contributed by atoms with Crippen LogP contribution in [0.3, 0.4) is 0 Å². The topological polar surface area (TPSA) is 97.5 Å². The molecule has 4 heterocycles. The Hall–Kier alpha value is -3.57. The number of ether oxygens (including phenoxy) is 3. The molecule has 0 bridgehead atoms. The fraction of sp³-hybridized carbons (Fsp3) is 0.360. The number of nitrogens with one attached hydrogen (secondary N) is 3. The van der Waals surface area contributed by atoms with E-state index in [1.54, 1.807) is 18.5 Å². The average Bonchev–Trinajstić information content (AvgIpc) is 3.25. The number of anilines is 2. The van der Waals surface area contributed by atoms with Crippen LogP contribution in [0.1, 0.15) is 21.6 Å². The Labute approximate surface area is 205 Å². The van der Waals surface area contributed by atoms with E-state index in [0.29, 0.717) is 66.7 Å². The summed E-state index contributed by atoms with van der Waals surface area (Å²) in [6.07, 6.45) is -0.0790. The summed E-state index contributed by atoms with van der Waals surface area (Å²) in [6, 6.07) is 5.79. The third-order valence-corrected chi connectivity index (χ3v) is 6.07. The van der Waals surface area contributed by atoms with Crippen LogP contribution in [0.2, 0.25) is 0 Å². The number of alkyl halides is 2. The van der Waals surface area contributed by atoms with Crippen molar-refractivity contribution < 1.29 is 32.2 Å². The van der Waals surface area contributed by atoms with Crippen LogP contribution in [0.5, 0.6) is 5.75 Å². The maximum absolute atomic E-state index is 14.5. The van der Waals surface area contributed by atoms with Crippen LogP contribution >= 0.6 is 0 Å². The lowest BCUT2D eigenvalue weighted by Crippen LogP contribution is -2.33. The molecule has 2 aliphatic heterocycles. The normalized spacial score (nSPS) is 17.6. The van der Waals surface area contributed by atoms with Gasteiger partial charge in [-0.3, -0.25) is 9.78 Å². The average molecular weight is 502 g/mol. The van der Waals surface area contributed by atoms with Gasteiger partial charge in [0.25, 0.3) is 5.91 Å². The fourth-order valence-electron chi connectivity index (χ4n) is 4.40. The molecule has 36 heavy (non-hydrogen) atoms. The van der Waals surface area contributed by atoms with Crippen LogP contribution < -0.4 is 15.4 Å². The van der Waals surface area contributed by atoms with Crippen LogP contribution in [0.4, 0.5) is 24.5 Å². The van der Waals surface area contributed by atoms with Crippen LogP contribution in [0.15, 0.2) is 36.7 Å². The number of H-pyrrole nitrogens is 1. The standard InChI is InChI=1S/C25H25F3N4O4/c26-17-2-1-3-18(16(17)10-21(27)28)31-24-22-19(5-7-30-25(22)33)32-23(24)15-4-6-29-11-20(15)36-13-14-12-34-8-9-35-14/h1-4,6,11,14,21,31-32H,5,7-10,12-13H2,(H,30,33). The second-order valence-corrected chi connectivity index (χ2v) is 8.47. The van der Waals surface area contributed by atoms with Crippen molar-refractivity contribution >= 4 is 17.3 Å². The van der Waals surface area contributed by atoms with E-state index in [2.05, 4.69) is 20.6 Å². The molecule has 1 unspecified atom stereocenters. The Bertz CT molecular complexity index is 1240. The molecule has 2 aliphatic rings. The summed E-state index contributed by atoms with van der Waals surface area (Å²) in [5.74, 6) is -0.642. The Balaban J connectivity index is 1.55. The molecule has 1 saturated heterocycles. The summed E-state index contributed by atoms with van der Waals surface area (Å²) in [4.78, 5) is 20.3. The van der Waals surface area contributed by atoms with Crippen molar-refractivity contribution in [3.8, 4) is 17.0 Å². The van der Waals surface area contributed by atoms with Gasteiger partial charge in [0.1, 0.15) is 24.3 Å². The van der Waals surface area contributed by atoms with Crippen molar-refractivity contribution in [2.75, 3.05) is 38.3 Å². The summed E-state index contributed by atoms with van der Waals surface area (Å²) in [5.41, 5.74) is 2.45. The smallest absolute Gasteiger partial charge is 0.255 e. The highest BCUT2D eigenvalue weighted by atomic mass is 19.3. The number of hydrogen-bond donors (Lipinski definition) is 3. The van der Waals surface area contributed by atoms with Gasteiger partial charge in [0, 0.05) is 48.1 Å². The largest absolute Gasteiger partial charge is 0.488 e. The van der Waals surface area contributed by atoms with E-state index in [-0.39, 0.29) is 29.9 Å². The molecule has 3 aromatic rings. The number of rotatable bonds is 8. The molecule has 3 N–H and O–H groups in total. The minimum atomic E-state index is -2.74. The van der Waals surface area contributed by atoms with Gasteiger partial charge in [0.15, 0.2) is 0 Å². The zero-order valence-corrected chi connectivity index (χ0v) is 19.3. The SMILES string of the molecule is O=C1NCCc2[nH]c(-c3ccncc3OCC3COCCO3)c(Nc3cccc(F)c3CC(F)F)c21. The molecular formula is C25H25F3N4O4. The molecule has 11 heteroatoms. The predicted molar refractivity (Wildman–Crippen MR) is 126 cm³/mol. The molecule has 8 nitrogen and oxygen atoms in total. The first-order valence-corrected chi connectivity index (χ1v) is 11.6. The zero-order chi connectivity index (χ0) is 25.1. The predicted octanol–water partition coefficient (Wildman–Crippen LogP) is 3.85. The molecule has 190 valence electrons. The van der Waals surface area contributed by atoms with Gasteiger partial charge < -0.3 is 29.8 Å². The monoisotopic (exact) mass is 502 g/mol. The Morgan fingerprint density at radius 2 is 2.14 bits per heavy atom. The van der Waals surface area contributed by atoms with Gasteiger partial charge in [0.05, 0.1) is 43.0 Å². The van der Waals surface area contributed by atoms with Gasteiger partial charge in [-0.15, -0.1) is 0 Å². The lowest BCUT2D eigenvalue weighted by atomic mass is 10.0. The van der Waals surface area contributed by atoms with Gasteiger partial charge in [-0.25, -0.2) is 13.2 Å². The molecule has 0 radical (unpaired) electrons. The van der Waals surface area contributed by atoms with E-state index >= 15 is 0 Å². The third-order valence-electron chi connectivity index (χ3n) is 6.07. The summed E-state index contributed by atoms with van der Waals surface area (Å²) in [7, 11) is 0. The summed E-state index contributed by atoms with van der Waals surface area (Å²) in [5, 5.41) is 5.87. The number of fused-ring (bicyclic) bond motifs is 1. The molecule has 2 aromatic heterocycles. The van der Waals surface area contributed by atoms with Crippen LogP contribution in [0, 0.1) is 5.82 Å². The van der Waals surface area contributed by atoms with Gasteiger partial charge in [-0.2, -0.15) is 0 Å². The van der Waals surface area contributed by atoms with Crippen molar-refractivity contribution in [2.45, 2.75) is 25.4 Å². The number of amides is 1. The highest BCUT2D eigenvalue weighted by molar-refractivity contribution is 6.06. The first-order chi connectivity index (χ1) is 17.5.